The molecule has 2 heterocycles. The molecule has 8 heteroatoms. The zero-order valence-electron chi connectivity index (χ0n) is 18.0. The van der Waals surface area contributed by atoms with Crippen LogP contribution in [0.15, 0.2) is 47.6 Å². The number of rotatable bonds is 6. The van der Waals surface area contributed by atoms with Crippen molar-refractivity contribution in [3.05, 3.63) is 53.2 Å². The van der Waals surface area contributed by atoms with Crippen LogP contribution in [-0.2, 0) is 5.41 Å². The molecule has 1 fully saturated rings. The van der Waals surface area contributed by atoms with Crippen LogP contribution in [0, 0.1) is 0 Å². The van der Waals surface area contributed by atoms with Crippen LogP contribution in [0.3, 0.4) is 0 Å². The second-order valence-electron chi connectivity index (χ2n) is 7.92. The standard InChI is InChI=1S/C22H30ClN5O.HI/c1-22(2,16-7-9-18(29-4)10-8-16)15-26-21(24-3)27-17-11-13-28(14-17)20-19(23)6-5-12-25-20;/h5-10,12,17H,11,13-15H2,1-4H3,(H2,24,26,27);1H. The van der Waals surface area contributed by atoms with E-state index in [0.717, 1.165) is 43.6 Å². The topological polar surface area (TPSA) is 61.8 Å². The summed E-state index contributed by atoms with van der Waals surface area (Å²) in [6, 6.07) is 12.3. The van der Waals surface area contributed by atoms with Crippen LogP contribution >= 0.6 is 35.6 Å². The first-order chi connectivity index (χ1) is 13.9. The van der Waals surface area contributed by atoms with Crippen LogP contribution in [0.5, 0.6) is 5.75 Å². The SMILES string of the molecule is CN=C(NCC(C)(C)c1ccc(OC)cc1)NC1CCN(c2ncccc2Cl)C1.I. The van der Waals surface area contributed by atoms with Gasteiger partial charge < -0.3 is 20.3 Å². The summed E-state index contributed by atoms with van der Waals surface area (Å²) in [7, 11) is 3.49. The Kier molecular flexibility index (Phi) is 9.03. The van der Waals surface area contributed by atoms with E-state index in [0.29, 0.717) is 11.1 Å². The number of hydrogen-bond donors (Lipinski definition) is 2. The number of hydrogen-bond acceptors (Lipinski definition) is 4. The summed E-state index contributed by atoms with van der Waals surface area (Å²) in [5.41, 5.74) is 1.20. The van der Waals surface area contributed by atoms with E-state index in [9.17, 15) is 0 Å². The maximum Gasteiger partial charge on any atom is 0.191 e. The quantitative estimate of drug-likeness (QED) is 0.327. The largest absolute Gasteiger partial charge is 0.497 e. The molecule has 3 rings (SSSR count). The first-order valence-electron chi connectivity index (χ1n) is 9.90. The number of methoxy groups -OCH3 is 1. The van der Waals surface area contributed by atoms with Gasteiger partial charge in [0.05, 0.1) is 12.1 Å². The minimum absolute atomic E-state index is 0. The lowest BCUT2D eigenvalue weighted by molar-refractivity contribution is 0.414. The van der Waals surface area contributed by atoms with Gasteiger partial charge in [-0.25, -0.2) is 4.98 Å². The van der Waals surface area contributed by atoms with Crippen LogP contribution in [0.2, 0.25) is 5.02 Å². The van der Waals surface area contributed by atoms with Crippen LogP contribution in [0.1, 0.15) is 25.8 Å². The van der Waals surface area contributed by atoms with Gasteiger partial charge in [0.1, 0.15) is 11.6 Å². The number of anilines is 1. The lowest BCUT2D eigenvalue weighted by atomic mass is 9.84. The Hall–Kier alpha value is -1.74. The molecule has 0 aliphatic carbocycles. The van der Waals surface area contributed by atoms with Gasteiger partial charge in [0.2, 0.25) is 0 Å². The van der Waals surface area contributed by atoms with Crippen molar-refractivity contribution in [1.82, 2.24) is 15.6 Å². The lowest BCUT2D eigenvalue weighted by Crippen LogP contribution is -2.47. The zero-order chi connectivity index (χ0) is 20.9. The Bertz CT molecular complexity index is 844. The second kappa shape index (κ2) is 11.0. The first-order valence-corrected chi connectivity index (χ1v) is 10.3. The fraction of sp³-hybridized carbons (Fsp3) is 0.455. The maximum absolute atomic E-state index is 6.29. The smallest absolute Gasteiger partial charge is 0.191 e. The van der Waals surface area contributed by atoms with Crippen molar-refractivity contribution in [2.75, 3.05) is 38.7 Å². The molecule has 0 saturated carbocycles. The highest BCUT2D eigenvalue weighted by molar-refractivity contribution is 14.0. The van der Waals surface area contributed by atoms with Crippen molar-refractivity contribution in [2.24, 2.45) is 4.99 Å². The fourth-order valence-corrected chi connectivity index (χ4v) is 3.76. The number of halogens is 2. The van der Waals surface area contributed by atoms with Crippen molar-refractivity contribution in [2.45, 2.75) is 31.7 Å². The molecular weight excluding hydrogens is 513 g/mol. The average Bonchev–Trinajstić information content (AvgIpc) is 3.19. The van der Waals surface area contributed by atoms with Crippen LogP contribution in [0.25, 0.3) is 0 Å². The third-order valence-electron chi connectivity index (χ3n) is 5.36. The second-order valence-corrected chi connectivity index (χ2v) is 8.33. The van der Waals surface area contributed by atoms with E-state index in [1.807, 2.05) is 24.3 Å². The van der Waals surface area contributed by atoms with E-state index < -0.39 is 0 Å². The molecule has 1 saturated heterocycles. The Morgan fingerprint density at radius 3 is 2.67 bits per heavy atom. The van der Waals surface area contributed by atoms with Crippen molar-refractivity contribution >= 4 is 47.4 Å². The molecular formula is C22H31ClIN5O. The van der Waals surface area contributed by atoms with Gasteiger partial charge in [0, 0.05) is 44.3 Å². The van der Waals surface area contributed by atoms with Gasteiger partial charge >= 0.3 is 0 Å². The molecule has 0 bridgehead atoms. The number of guanidine groups is 1. The van der Waals surface area contributed by atoms with Crippen molar-refractivity contribution in [3.8, 4) is 5.75 Å². The monoisotopic (exact) mass is 543 g/mol. The molecule has 1 atom stereocenters. The molecule has 1 unspecified atom stereocenters. The molecule has 1 aliphatic rings. The van der Waals surface area contributed by atoms with Crippen LogP contribution < -0.4 is 20.3 Å². The molecule has 0 amide bonds. The highest BCUT2D eigenvalue weighted by Crippen LogP contribution is 2.26. The van der Waals surface area contributed by atoms with Crippen molar-refractivity contribution in [3.63, 3.8) is 0 Å². The van der Waals surface area contributed by atoms with Crippen LogP contribution in [0.4, 0.5) is 5.82 Å². The molecule has 0 radical (unpaired) electrons. The molecule has 2 aromatic rings. The number of aromatic nitrogens is 1. The van der Waals surface area contributed by atoms with E-state index in [1.54, 1.807) is 20.4 Å². The molecule has 1 aromatic heterocycles. The molecule has 164 valence electrons. The highest BCUT2D eigenvalue weighted by atomic mass is 127. The Labute approximate surface area is 201 Å². The van der Waals surface area contributed by atoms with Gasteiger partial charge in [-0.05, 0) is 36.2 Å². The average molecular weight is 544 g/mol. The lowest BCUT2D eigenvalue weighted by Gasteiger charge is -2.28. The predicted octanol–water partition coefficient (Wildman–Crippen LogP) is 4.08. The molecule has 1 aliphatic heterocycles. The number of ether oxygens (including phenoxy) is 1. The molecule has 6 nitrogen and oxygen atoms in total. The van der Waals surface area contributed by atoms with E-state index in [-0.39, 0.29) is 29.4 Å². The Morgan fingerprint density at radius 2 is 2.03 bits per heavy atom. The molecule has 0 spiro atoms. The van der Waals surface area contributed by atoms with Crippen molar-refractivity contribution in [1.29, 1.82) is 0 Å². The van der Waals surface area contributed by atoms with E-state index >= 15 is 0 Å². The summed E-state index contributed by atoms with van der Waals surface area (Å²) in [4.78, 5) is 11.0. The van der Waals surface area contributed by atoms with Gasteiger partial charge in [-0.1, -0.05) is 37.6 Å². The molecule has 2 N–H and O–H groups in total. The molecule has 1 aromatic carbocycles. The summed E-state index contributed by atoms with van der Waals surface area (Å²) in [6.07, 6.45) is 2.79. The minimum Gasteiger partial charge on any atom is -0.497 e. The van der Waals surface area contributed by atoms with E-state index in [4.69, 9.17) is 16.3 Å². The van der Waals surface area contributed by atoms with Crippen molar-refractivity contribution < 1.29 is 4.74 Å². The first kappa shape index (κ1) is 24.5. The maximum atomic E-state index is 6.29. The third-order valence-corrected chi connectivity index (χ3v) is 5.66. The van der Waals surface area contributed by atoms with E-state index in [2.05, 4.69) is 51.5 Å². The number of benzene rings is 1. The number of nitrogens with zero attached hydrogens (tertiary/aromatic N) is 3. The number of pyridine rings is 1. The molecule has 30 heavy (non-hydrogen) atoms. The van der Waals surface area contributed by atoms with Gasteiger partial charge in [0.25, 0.3) is 0 Å². The fourth-order valence-electron chi connectivity index (χ4n) is 3.52. The van der Waals surface area contributed by atoms with Crippen LogP contribution in [-0.4, -0.2) is 50.8 Å². The number of nitrogens with one attached hydrogen (secondary N) is 2. The summed E-state index contributed by atoms with van der Waals surface area (Å²) in [5.74, 6) is 2.53. The van der Waals surface area contributed by atoms with Gasteiger partial charge in [-0.3, -0.25) is 4.99 Å². The van der Waals surface area contributed by atoms with Gasteiger partial charge in [-0.2, -0.15) is 0 Å². The van der Waals surface area contributed by atoms with E-state index in [1.165, 1.54) is 5.56 Å². The summed E-state index contributed by atoms with van der Waals surface area (Å²) in [5, 5.41) is 7.70. The summed E-state index contributed by atoms with van der Waals surface area (Å²) < 4.78 is 5.26. The Morgan fingerprint density at radius 1 is 1.30 bits per heavy atom. The summed E-state index contributed by atoms with van der Waals surface area (Å²) in [6.45, 7) is 6.97. The Balaban J connectivity index is 0.00000320. The van der Waals surface area contributed by atoms with Gasteiger partial charge in [-0.15, -0.1) is 24.0 Å². The highest BCUT2D eigenvalue weighted by Gasteiger charge is 2.26. The normalized spacial score (nSPS) is 16.8. The third kappa shape index (κ3) is 6.14. The number of aliphatic imine (C=N–C) groups is 1. The summed E-state index contributed by atoms with van der Waals surface area (Å²) >= 11 is 6.29. The van der Waals surface area contributed by atoms with Gasteiger partial charge in [0.15, 0.2) is 5.96 Å². The minimum atomic E-state index is -0.0485. The predicted molar refractivity (Wildman–Crippen MR) is 136 cm³/mol. The zero-order valence-corrected chi connectivity index (χ0v) is 21.1.